The second kappa shape index (κ2) is 5.30. The van der Waals surface area contributed by atoms with Crippen LogP contribution in [0.25, 0.3) is 0 Å². The summed E-state index contributed by atoms with van der Waals surface area (Å²) in [6.07, 6.45) is 6.06. The van der Waals surface area contributed by atoms with Crippen molar-refractivity contribution in [3.05, 3.63) is 0 Å². The summed E-state index contributed by atoms with van der Waals surface area (Å²) in [7, 11) is -2.83. The van der Waals surface area contributed by atoms with Gasteiger partial charge in [0.25, 0.3) is 0 Å². The lowest BCUT2D eigenvalue weighted by molar-refractivity contribution is 0.120. The van der Waals surface area contributed by atoms with Crippen molar-refractivity contribution in [2.24, 2.45) is 5.41 Å². The van der Waals surface area contributed by atoms with Crippen LogP contribution in [0.5, 0.6) is 0 Å². The van der Waals surface area contributed by atoms with E-state index in [1.807, 2.05) is 0 Å². The Balaban J connectivity index is 2.36. The summed E-state index contributed by atoms with van der Waals surface area (Å²) in [5.41, 5.74) is 0.0449. The van der Waals surface area contributed by atoms with Crippen LogP contribution in [-0.2, 0) is 9.84 Å². The first-order valence-electron chi connectivity index (χ1n) is 5.85. The number of aliphatic hydroxyl groups is 1. The second-order valence-corrected chi connectivity index (χ2v) is 7.18. The van der Waals surface area contributed by atoms with Crippen LogP contribution in [0, 0.1) is 5.41 Å². The molecule has 1 aliphatic carbocycles. The fourth-order valence-corrected chi connectivity index (χ4v) is 3.30. The van der Waals surface area contributed by atoms with Crippen molar-refractivity contribution in [1.29, 1.82) is 0 Å². The standard InChI is InChI=1S/C11H22O3S/c1-2-15(13,14)9-5-8-11(10-12)6-3-4-7-11/h12H,2-10H2,1H3. The molecule has 1 fully saturated rings. The maximum Gasteiger partial charge on any atom is 0.150 e. The second-order valence-electron chi connectivity index (χ2n) is 4.71. The predicted molar refractivity (Wildman–Crippen MR) is 61.5 cm³/mol. The number of sulfone groups is 1. The zero-order valence-corrected chi connectivity index (χ0v) is 10.4. The SMILES string of the molecule is CCS(=O)(=O)CCCC1(CO)CCCC1. The summed E-state index contributed by atoms with van der Waals surface area (Å²) in [5.74, 6) is 0.518. The minimum absolute atomic E-state index is 0.0449. The molecular weight excluding hydrogens is 212 g/mol. The molecule has 1 rings (SSSR count). The van der Waals surface area contributed by atoms with Crippen molar-refractivity contribution < 1.29 is 13.5 Å². The fraction of sp³-hybridized carbons (Fsp3) is 1.00. The van der Waals surface area contributed by atoms with Crippen LogP contribution in [0.3, 0.4) is 0 Å². The number of rotatable bonds is 6. The van der Waals surface area contributed by atoms with Gasteiger partial charge in [-0.3, -0.25) is 0 Å². The monoisotopic (exact) mass is 234 g/mol. The van der Waals surface area contributed by atoms with Gasteiger partial charge in [-0.05, 0) is 31.1 Å². The van der Waals surface area contributed by atoms with Crippen LogP contribution in [0.2, 0.25) is 0 Å². The normalized spacial score (nSPS) is 20.7. The molecule has 0 aromatic heterocycles. The Bertz CT molecular complexity index is 276. The van der Waals surface area contributed by atoms with Gasteiger partial charge in [0.15, 0.2) is 0 Å². The lowest BCUT2D eigenvalue weighted by atomic mass is 9.83. The highest BCUT2D eigenvalue weighted by molar-refractivity contribution is 7.91. The van der Waals surface area contributed by atoms with Crippen LogP contribution in [-0.4, -0.2) is 31.6 Å². The quantitative estimate of drug-likeness (QED) is 0.762. The molecule has 4 heteroatoms. The molecule has 0 bridgehead atoms. The van der Waals surface area contributed by atoms with E-state index in [1.165, 1.54) is 12.8 Å². The third-order valence-corrected chi connectivity index (χ3v) is 5.39. The topological polar surface area (TPSA) is 54.4 Å². The predicted octanol–water partition coefficient (Wildman–Crippen LogP) is 1.75. The van der Waals surface area contributed by atoms with Gasteiger partial charge in [-0.15, -0.1) is 0 Å². The molecule has 15 heavy (non-hydrogen) atoms. The highest BCUT2D eigenvalue weighted by Crippen LogP contribution is 2.41. The zero-order valence-electron chi connectivity index (χ0n) is 9.54. The third-order valence-electron chi connectivity index (χ3n) is 3.60. The molecular formula is C11H22O3S. The van der Waals surface area contributed by atoms with E-state index in [1.54, 1.807) is 6.92 Å². The maximum atomic E-state index is 11.3. The molecule has 1 saturated carbocycles. The van der Waals surface area contributed by atoms with Crippen LogP contribution < -0.4 is 0 Å². The summed E-state index contributed by atoms with van der Waals surface area (Å²) >= 11 is 0. The van der Waals surface area contributed by atoms with Crippen molar-refractivity contribution in [2.75, 3.05) is 18.1 Å². The first-order chi connectivity index (χ1) is 7.04. The van der Waals surface area contributed by atoms with E-state index in [4.69, 9.17) is 0 Å². The zero-order chi connectivity index (χ0) is 11.4. The minimum Gasteiger partial charge on any atom is -0.396 e. The van der Waals surface area contributed by atoms with Crippen LogP contribution in [0.15, 0.2) is 0 Å². The Morgan fingerprint density at radius 2 is 1.87 bits per heavy atom. The van der Waals surface area contributed by atoms with Crippen molar-refractivity contribution in [3.8, 4) is 0 Å². The van der Waals surface area contributed by atoms with Gasteiger partial charge in [0, 0.05) is 12.4 Å². The molecule has 0 aliphatic heterocycles. The summed E-state index contributed by atoms with van der Waals surface area (Å²) < 4.78 is 22.6. The lowest BCUT2D eigenvalue weighted by Crippen LogP contribution is -2.22. The lowest BCUT2D eigenvalue weighted by Gasteiger charge is -2.26. The first-order valence-corrected chi connectivity index (χ1v) is 7.67. The molecule has 0 amide bonds. The van der Waals surface area contributed by atoms with Gasteiger partial charge in [0.2, 0.25) is 0 Å². The van der Waals surface area contributed by atoms with E-state index in [-0.39, 0.29) is 23.5 Å². The fourth-order valence-electron chi connectivity index (χ4n) is 2.42. The van der Waals surface area contributed by atoms with Crippen molar-refractivity contribution >= 4 is 9.84 Å². The molecule has 0 unspecified atom stereocenters. The van der Waals surface area contributed by atoms with Gasteiger partial charge in [-0.2, -0.15) is 0 Å². The van der Waals surface area contributed by atoms with E-state index in [9.17, 15) is 13.5 Å². The van der Waals surface area contributed by atoms with E-state index in [2.05, 4.69) is 0 Å². The van der Waals surface area contributed by atoms with Gasteiger partial charge < -0.3 is 5.11 Å². The van der Waals surface area contributed by atoms with Gasteiger partial charge in [-0.25, -0.2) is 8.42 Å². The van der Waals surface area contributed by atoms with Crippen LogP contribution >= 0.6 is 0 Å². The largest absolute Gasteiger partial charge is 0.396 e. The Kier molecular flexibility index (Phi) is 4.59. The highest BCUT2D eigenvalue weighted by atomic mass is 32.2. The van der Waals surface area contributed by atoms with Crippen molar-refractivity contribution in [2.45, 2.75) is 45.4 Å². The molecule has 0 radical (unpaired) electrons. The molecule has 0 atom stereocenters. The average Bonchev–Trinajstić information content (AvgIpc) is 2.67. The first kappa shape index (κ1) is 13.0. The number of hydrogen-bond donors (Lipinski definition) is 1. The number of hydrogen-bond acceptors (Lipinski definition) is 3. The Labute approximate surface area is 92.8 Å². The molecule has 0 aromatic carbocycles. The molecule has 0 saturated heterocycles. The summed E-state index contributed by atoms with van der Waals surface area (Å²) in [4.78, 5) is 0. The molecule has 1 aliphatic rings. The van der Waals surface area contributed by atoms with Gasteiger partial charge in [0.1, 0.15) is 9.84 Å². The van der Waals surface area contributed by atoms with E-state index < -0.39 is 9.84 Å². The summed E-state index contributed by atoms with van der Waals surface area (Å²) in [6.45, 7) is 1.91. The Morgan fingerprint density at radius 1 is 1.27 bits per heavy atom. The summed E-state index contributed by atoms with van der Waals surface area (Å²) in [6, 6.07) is 0. The molecule has 0 aromatic rings. The number of aliphatic hydroxyl groups excluding tert-OH is 1. The smallest absolute Gasteiger partial charge is 0.150 e. The molecule has 90 valence electrons. The Hall–Kier alpha value is -0.0900. The van der Waals surface area contributed by atoms with Crippen molar-refractivity contribution in [1.82, 2.24) is 0 Å². The molecule has 0 spiro atoms. The maximum absolute atomic E-state index is 11.3. The van der Waals surface area contributed by atoms with E-state index in [0.29, 0.717) is 6.42 Å². The highest BCUT2D eigenvalue weighted by Gasteiger charge is 2.32. The van der Waals surface area contributed by atoms with Gasteiger partial charge in [-0.1, -0.05) is 19.8 Å². The van der Waals surface area contributed by atoms with Gasteiger partial charge >= 0.3 is 0 Å². The minimum atomic E-state index is -2.83. The van der Waals surface area contributed by atoms with Crippen molar-refractivity contribution in [3.63, 3.8) is 0 Å². The Morgan fingerprint density at radius 3 is 2.33 bits per heavy atom. The molecule has 1 N–H and O–H groups in total. The summed E-state index contributed by atoms with van der Waals surface area (Å²) in [5, 5.41) is 9.35. The average molecular weight is 234 g/mol. The van der Waals surface area contributed by atoms with Crippen LogP contribution in [0.4, 0.5) is 0 Å². The molecule has 0 heterocycles. The third kappa shape index (κ3) is 3.76. The van der Waals surface area contributed by atoms with E-state index in [0.717, 1.165) is 19.3 Å². The van der Waals surface area contributed by atoms with Gasteiger partial charge in [0.05, 0.1) is 5.75 Å². The molecule has 3 nitrogen and oxygen atoms in total. The van der Waals surface area contributed by atoms with E-state index >= 15 is 0 Å². The van der Waals surface area contributed by atoms with Crippen LogP contribution in [0.1, 0.15) is 45.4 Å².